The summed E-state index contributed by atoms with van der Waals surface area (Å²) in [6.07, 6.45) is 4.43. The predicted octanol–water partition coefficient (Wildman–Crippen LogP) is 4.16. The average molecular weight is 631 g/mol. The summed E-state index contributed by atoms with van der Waals surface area (Å²) in [6.45, 7) is 2.89. The lowest BCUT2D eigenvalue weighted by Gasteiger charge is -2.17. The lowest BCUT2D eigenvalue weighted by Crippen LogP contribution is -2.33. The van der Waals surface area contributed by atoms with E-state index in [1.54, 1.807) is 30.5 Å². The molecular formula is C30H37F3N8O2S. The molecule has 0 unspecified atom stereocenters. The maximum atomic E-state index is 13.2. The van der Waals surface area contributed by atoms with Gasteiger partial charge in [0, 0.05) is 34.8 Å². The van der Waals surface area contributed by atoms with E-state index in [1.165, 1.54) is 10.6 Å². The van der Waals surface area contributed by atoms with Crippen LogP contribution in [0.2, 0.25) is 0 Å². The number of aromatic nitrogens is 3. The number of H-pyrrole nitrogens is 1. The first kappa shape index (κ1) is 33.1. The molecule has 236 valence electrons. The molecule has 44 heavy (non-hydrogen) atoms. The molecule has 0 bridgehead atoms. The van der Waals surface area contributed by atoms with Crippen molar-refractivity contribution in [3.63, 3.8) is 0 Å². The van der Waals surface area contributed by atoms with Crippen LogP contribution in [-0.4, -0.2) is 56.8 Å². The van der Waals surface area contributed by atoms with E-state index in [0.717, 1.165) is 24.0 Å². The van der Waals surface area contributed by atoms with E-state index in [-0.39, 0.29) is 41.3 Å². The summed E-state index contributed by atoms with van der Waals surface area (Å²) in [5.41, 5.74) is 9.78. The standard InChI is InChI=1S/C30H37F3N8O2S/c1-18(34)4-2-5-19-12-21(14-24(13-19)44-30(31,32)33)25-15-22-16-41(29(43)40-27(22)39-25)23-8-6-20(7-9-23)26(17-42)37-10-3-11-38-28(35)36/h6-9,12-16,18,26,37,42H,2-5,10-11,17,34H2,1H3,(H4,35,36,38)(H,39,40,43)/t18-,26+/m0/s1. The molecule has 2 aromatic heterocycles. The highest BCUT2D eigenvalue weighted by atomic mass is 32.2. The van der Waals surface area contributed by atoms with Crippen molar-refractivity contribution in [2.24, 2.45) is 11.5 Å². The second-order valence-electron chi connectivity index (χ2n) is 10.6. The van der Waals surface area contributed by atoms with E-state index >= 15 is 0 Å². The summed E-state index contributed by atoms with van der Waals surface area (Å²) in [4.78, 5) is 20.3. The summed E-state index contributed by atoms with van der Waals surface area (Å²) in [5.74, 6) is -0.0924. The number of hydrogen-bond acceptors (Lipinski definition) is 7. The Labute approximate surface area is 257 Å². The Kier molecular flexibility index (Phi) is 11.1. The van der Waals surface area contributed by atoms with Crippen molar-refractivity contribution in [3.05, 3.63) is 76.3 Å². The lowest BCUT2D eigenvalue weighted by molar-refractivity contribution is -0.0328. The topological polar surface area (TPSA) is 171 Å². The first-order valence-corrected chi connectivity index (χ1v) is 15.0. The second-order valence-corrected chi connectivity index (χ2v) is 11.8. The van der Waals surface area contributed by atoms with Gasteiger partial charge in [0.2, 0.25) is 0 Å². The van der Waals surface area contributed by atoms with Gasteiger partial charge >= 0.3 is 11.2 Å². The van der Waals surface area contributed by atoms with Gasteiger partial charge in [-0.25, -0.2) is 4.79 Å². The normalized spacial score (nSPS) is 13.2. The van der Waals surface area contributed by atoms with Crippen LogP contribution in [0, 0.1) is 5.41 Å². The van der Waals surface area contributed by atoms with E-state index in [4.69, 9.17) is 16.9 Å². The van der Waals surface area contributed by atoms with Gasteiger partial charge < -0.3 is 32.2 Å². The zero-order valence-electron chi connectivity index (χ0n) is 24.2. The highest BCUT2D eigenvalue weighted by Crippen LogP contribution is 2.39. The third-order valence-corrected chi connectivity index (χ3v) is 7.66. The summed E-state index contributed by atoms with van der Waals surface area (Å²) in [5, 5.41) is 23.6. The van der Waals surface area contributed by atoms with Crippen LogP contribution in [0.25, 0.3) is 28.0 Å². The Bertz CT molecular complexity index is 1620. The maximum absolute atomic E-state index is 13.2. The van der Waals surface area contributed by atoms with E-state index in [0.29, 0.717) is 53.9 Å². The number of nitrogens with one attached hydrogen (secondary N) is 4. The van der Waals surface area contributed by atoms with E-state index < -0.39 is 11.2 Å². The summed E-state index contributed by atoms with van der Waals surface area (Å²) < 4.78 is 41.1. The van der Waals surface area contributed by atoms with Crippen LogP contribution >= 0.6 is 11.8 Å². The smallest absolute Gasteiger partial charge is 0.394 e. The Hall–Kier alpha value is -3.85. The number of nitrogens with two attached hydrogens (primary N) is 2. The monoisotopic (exact) mass is 630 g/mol. The van der Waals surface area contributed by atoms with Gasteiger partial charge in [0.1, 0.15) is 5.65 Å². The van der Waals surface area contributed by atoms with Gasteiger partial charge in [-0.2, -0.15) is 18.2 Å². The number of aromatic amines is 1. The molecule has 0 saturated heterocycles. The number of hydrogen-bond donors (Lipinski definition) is 7. The highest BCUT2D eigenvalue weighted by Gasteiger charge is 2.29. The molecule has 0 aliphatic heterocycles. The third-order valence-electron chi connectivity index (χ3n) is 6.96. The quantitative estimate of drug-likeness (QED) is 0.0471. The minimum atomic E-state index is -4.43. The molecule has 4 rings (SSSR count). The van der Waals surface area contributed by atoms with Crippen molar-refractivity contribution >= 4 is 28.8 Å². The highest BCUT2D eigenvalue weighted by molar-refractivity contribution is 8.00. The van der Waals surface area contributed by atoms with Gasteiger partial charge in [0.05, 0.1) is 18.3 Å². The number of halogens is 3. The number of aryl methyl sites for hydroxylation is 1. The van der Waals surface area contributed by atoms with Gasteiger partial charge in [0.25, 0.3) is 0 Å². The molecule has 0 radical (unpaired) electrons. The molecule has 4 aromatic rings. The number of aliphatic hydroxyl groups is 1. The van der Waals surface area contributed by atoms with E-state index in [1.807, 2.05) is 25.1 Å². The third kappa shape index (κ3) is 9.32. The van der Waals surface area contributed by atoms with E-state index in [9.17, 15) is 23.1 Å². The molecular weight excluding hydrogens is 593 g/mol. The summed E-state index contributed by atoms with van der Waals surface area (Å²) in [6, 6.07) is 13.5. The van der Waals surface area contributed by atoms with Crippen molar-refractivity contribution in [3.8, 4) is 16.9 Å². The number of rotatable bonds is 14. The number of guanidine groups is 1. The first-order valence-electron chi connectivity index (χ1n) is 14.2. The molecule has 0 amide bonds. The molecule has 0 spiro atoms. The van der Waals surface area contributed by atoms with Gasteiger partial charge in [-0.15, -0.1) is 0 Å². The molecule has 10 nitrogen and oxygen atoms in total. The summed E-state index contributed by atoms with van der Waals surface area (Å²) >= 11 is -0.159. The van der Waals surface area contributed by atoms with E-state index in [2.05, 4.69) is 20.6 Å². The number of alkyl halides is 3. The Morgan fingerprint density at radius 1 is 1.16 bits per heavy atom. The Morgan fingerprint density at radius 2 is 1.91 bits per heavy atom. The van der Waals surface area contributed by atoms with Crippen molar-refractivity contribution < 1.29 is 18.3 Å². The van der Waals surface area contributed by atoms with Crippen molar-refractivity contribution in [2.45, 2.75) is 55.1 Å². The predicted molar refractivity (Wildman–Crippen MR) is 168 cm³/mol. The fourth-order valence-electron chi connectivity index (χ4n) is 4.86. The van der Waals surface area contributed by atoms with Crippen molar-refractivity contribution in [1.29, 1.82) is 5.41 Å². The SMILES string of the molecule is C[C@H](N)CCCc1cc(SC(F)(F)F)cc(-c2cc3cn(-c4ccc([C@@H](CO)NCCCNC(=N)N)cc4)c(=O)nc3[nH]2)c1. The van der Waals surface area contributed by atoms with Crippen LogP contribution in [0.15, 0.2) is 64.4 Å². The average Bonchev–Trinajstić information content (AvgIpc) is 3.36. The molecule has 2 aromatic carbocycles. The zero-order chi connectivity index (χ0) is 31.9. The minimum Gasteiger partial charge on any atom is -0.394 e. The van der Waals surface area contributed by atoms with Crippen molar-refractivity contribution in [1.82, 2.24) is 25.2 Å². The fourth-order valence-corrected chi connectivity index (χ4v) is 5.52. The number of benzene rings is 2. The second kappa shape index (κ2) is 14.8. The van der Waals surface area contributed by atoms with Gasteiger partial charge in [0.15, 0.2) is 5.96 Å². The van der Waals surface area contributed by atoms with Gasteiger partial charge in [-0.3, -0.25) is 9.98 Å². The number of aliphatic hydroxyl groups excluding tert-OH is 1. The van der Waals surface area contributed by atoms with Crippen LogP contribution in [0.1, 0.15) is 43.4 Å². The van der Waals surface area contributed by atoms with Gasteiger partial charge in [-0.1, -0.05) is 12.1 Å². The molecule has 9 N–H and O–H groups in total. The van der Waals surface area contributed by atoms with Crippen LogP contribution < -0.4 is 27.8 Å². The minimum absolute atomic E-state index is 0.00562. The van der Waals surface area contributed by atoms with Crippen LogP contribution in [-0.2, 0) is 6.42 Å². The molecule has 2 atom stereocenters. The van der Waals surface area contributed by atoms with Crippen LogP contribution in [0.5, 0.6) is 0 Å². The largest absolute Gasteiger partial charge is 0.446 e. The van der Waals surface area contributed by atoms with Crippen LogP contribution in [0.3, 0.4) is 0 Å². The van der Waals surface area contributed by atoms with Crippen molar-refractivity contribution in [2.75, 3.05) is 19.7 Å². The number of nitrogens with zero attached hydrogens (tertiary/aromatic N) is 2. The maximum Gasteiger partial charge on any atom is 0.446 e. The molecule has 0 saturated carbocycles. The number of thioether (sulfide) groups is 1. The molecule has 0 aliphatic carbocycles. The fraction of sp³-hybridized carbons (Fsp3) is 0.367. The number of fused-ring (bicyclic) bond motifs is 1. The first-order chi connectivity index (χ1) is 20.9. The van der Waals surface area contributed by atoms with Crippen LogP contribution in [0.4, 0.5) is 13.2 Å². The lowest BCUT2D eigenvalue weighted by atomic mass is 10.0. The molecule has 14 heteroatoms. The zero-order valence-corrected chi connectivity index (χ0v) is 25.1. The van der Waals surface area contributed by atoms with Gasteiger partial charge in [-0.05, 0) is 104 Å². The molecule has 0 fully saturated rings. The molecule has 0 aliphatic rings. The Balaban J connectivity index is 1.56. The Morgan fingerprint density at radius 3 is 2.57 bits per heavy atom. The summed E-state index contributed by atoms with van der Waals surface area (Å²) in [7, 11) is 0. The molecule has 2 heterocycles.